The second-order valence-electron chi connectivity index (χ2n) is 7.48. The summed E-state index contributed by atoms with van der Waals surface area (Å²) < 4.78 is 0. The van der Waals surface area contributed by atoms with Gasteiger partial charge in [0.1, 0.15) is 17.5 Å². The van der Waals surface area contributed by atoms with Gasteiger partial charge < -0.3 is 17.7 Å². The molecule has 1 aromatic carbocycles. The molecule has 1 spiro atoms. The van der Waals surface area contributed by atoms with Crippen LogP contribution in [0, 0.1) is 31.1 Å². The van der Waals surface area contributed by atoms with Crippen LogP contribution in [0.2, 0.25) is 0 Å². The third kappa shape index (κ3) is 3.81. The van der Waals surface area contributed by atoms with Crippen molar-refractivity contribution in [2.24, 2.45) is 5.41 Å². The molecule has 0 radical (unpaired) electrons. The van der Waals surface area contributed by atoms with Crippen LogP contribution in [-0.2, 0) is 9.59 Å². The number of halogens is 1. The molecule has 1 aliphatic heterocycles. The smallest absolute Gasteiger partial charge is 0.148 e. The number of hydrogen-bond donors (Lipinski definition) is 1. The van der Waals surface area contributed by atoms with Gasteiger partial charge in [0, 0.05) is 31.2 Å². The predicted octanol–water partition coefficient (Wildman–Crippen LogP) is -0.962. The third-order valence-electron chi connectivity index (χ3n) is 5.65. The molecule has 25 heavy (non-hydrogen) atoms. The Morgan fingerprint density at radius 1 is 1.04 bits per heavy atom. The van der Waals surface area contributed by atoms with Crippen LogP contribution in [-0.4, -0.2) is 24.7 Å². The standard InChI is InChI=1S/C21H25NO2.ClH/c1-4-5-16-10-14(2)19(15(3)11-16)20-17(23)12-21(13-18(20)24)6-8-22-9-7-21;/h10-11,20,22H,6-9,12-13H2,1-3H3;1H. The van der Waals surface area contributed by atoms with Crippen LogP contribution in [0.3, 0.4) is 0 Å². The molecule has 1 saturated carbocycles. The minimum absolute atomic E-state index is 0. The number of piperidine rings is 1. The molecule has 0 unspecified atom stereocenters. The van der Waals surface area contributed by atoms with Gasteiger partial charge in [-0.15, -0.1) is 5.92 Å². The molecule has 2 aliphatic rings. The second kappa shape index (κ2) is 7.72. The first kappa shape index (κ1) is 19.7. The van der Waals surface area contributed by atoms with Crippen molar-refractivity contribution in [1.82, 2.24) is 0 Å². The molecule has 1 aliphatic carbocycles. The van der Waals surface area contributed by atoms with E-state index in [2.05, 4.69) is 17.2 Å². The summed E-state index contributed by atoms with van der Waals surface area (Å²) in [5.41, 5.74) is 3.82. The Hall–Kier alpha value is -1.63. The molecule has 1 saturated heterocycles. The van der Waals surface area contributed by atoms with Gasteiger partial charge in [-0.3, -0.25) is 9.59 Å². The van der Waals surface area contributed by atoms with Gasteiger partial charge in [0.25, 0.3) is 0 Å². The quantitative estimate of drug-likeness (QED) is 0.518. The van der Waals surface area contributed by atoms with Gasteiger partial charge in [-0.05, 0) is 55.0 Å². The summed E-state index contributed by atoms with van der Waals surface area (Å²) in [6.07, 6.45) is 3.10. The summed E-state index contributed by atoms with van der Waals surface area (Å²) in [5.74, 6) is 5.65. The number of hydrogen-bond acceptors (Lipinski definition) is 2. The summed E-state index contributed by atoms with van der Waals surface area (Å²) in [5, 5.41) is 2.29. The monoisotopic (exact) mass is 359 g/mol. The summed E-state index contributed by atoms with van der Waals surface area (Å²) in [6, 6.07) is 4.00. The van der Waals surface area contributed by atoms with Gasteiger partial charge in [0.15, 0.2) is 0 Å². The lowest BCUT2D eigenvalue weighted by Crippen LogP contribution is -3.00. The van der Waals surface area contributed by atoms with Crippen molar-refractivity contribution in [3.05, 3.63) is 34.4 Å². The molecule has 2 N–H and O–H groups in total. The lowest BCUT2D eigenvalue weighted by molar-refractivity contribution is -0.667. The molecule has 2 fully saturated rings. The number of carbonyl (C=O) groups is 2. The van der Waals surface area contributed by atoms with Crippen molar-refractivity contribution >= 4 is 11.6 Å². The maximum absolute atomic E-state index is 12.9. The van der Waals surface area contributed by atoms with Crippen LogP contribution in [0.4, 0.5) is 0 Å². The zero-order valence-corrected chi connectivity index (χ0v) is 16.0. The summed E-state index contributed by atoms with van der Waals surface area (Å²) in [7, 11) is 0. The van der Waals surface area contributed by atoms with Crippen molar-refractivity contribution in [1.29, 1.82) is 0 Å². The van der Waals surface area contributed by atoms with Crippen LogP contribution in [0.1, 0.15) is 60.8 Å². The normalized spacial score (nSPS) is 20.0. The first-order valence-electron chi connectivity index (χ1n) is 8.87. The minimum Gasteiger partial charge on any atom is -1.00 e. The number of rotatable bonds is 1. The van der Waals surface area contributed by atoms with Gasteiger partial charge in [0.2, 0.25) is 0 Å². The number of ketones is 2. The Kier molecular flexibility index (Phi) is 6.08. The van der Waals surface area contributed by atoms with E-state index in [4.69, 9.17) is 0 Å². The Morgan fingerprint density at radius 3 is 2.04 bits per heavy atom. The van der Waals surface area contributed by atoms with Gasteiger partial charge in [0.05, 0.1) is 13.1 Å². The number of nitrogens with two attached hydrogens (primary N) is 1. The van der Waals surface area contributed by atoms with Crippen LogP contribution in [0.15, 0.2) is 12.1 Å². The number of aryl methyl sites for hydroxylation is 2. The highest BCUT2D eigenvalue weighted by Crippen LogP contribution is 2.44. The molecular formula is C21H26ClNO2. The van der Waals surface area contributed by atoms with Gasteiger partial charge in [-0.25, -0.2) is 0 Å². The highest BCUT2D eigenvalue weighted by molar-refractivity contribution is 6.10. The van der Waals surface area contributed by atoms with E-state index in [1.54, 1.807) is 0 Å². The van der Waals surface area contributed by atoms with Crippen molar-refractivity contribution < 1.29 is 27.3 Å². The molecule has 4 heteroatoms. The number of Topliss-reactive ketones (excluding diaryl/α,β-unsaturated/α-hetero) is 2. The Bertz CT molecular complexity index is 708. The lowest BCUT2D eigenvalue weighted by atomic mass is 9.63. The van der Waals surface area contributed by atoms with Gasteiger partial charge >= 0.3 is 0 Å². The molecule has 1 aromatic rings. The van der Waals surface area contributed by atoms with Crippen LogP contribution in [0.5, 0.6) is 0 Å². The first-order valence-corrected chi connectivity index (χ1v) is 8.87. The molecule has 3 rings (SSSR count). The molecule has 0 amide bonds. The van der Waals surface area contributed by atoms with Crippen molar-refractivity contribution in [2.45, 2.75) is 52.4 Å². The van der Waals surface area contributed by atoms with E-state index in [1.807, 2.05) is 32.9 Å². The maximum atomic E-state index is 12.9. The zero-order chi connectivity index (χ0) is 17.3. The fourth-order valence-electron chi connectivity index (χ4n) is 4.59. The van der Waals surface area contributed by atoms with E-state index in [0.29, 0.717) is 12.8 Å². The number of benzene rings is 1. The van der Waals surface area contributed by atoms with E-state index < -0.39 is 5.92 Å². The van der Waals surface area contributed by atoms with E-state index in [1.165, 1.54) is 0 Å². The van der Waals surface area contributed by atoms with Gasteiger partial charge in [-0.1, -0.05) is 5.92 Å². The minimum atomic E-state index is -0.565. The number of quaternary nitrogens is 1. The average molecular weight is 360 g/mol. The second-order valence-corrected chi connectivity index (χ2v) is 7.48. The Morgan fingerprint density at radius 2 is 1.56 bits per heavy atom. The highest BCUT2D eigenvalue weighted by atomic mass is 35.5. The molecule has 0 bridgehead atoms. The first-order chi connectivity index (χ1) is 11.5. The van der Waals surface area contributed by atoms with E-state index in [0.717, 1.165) is 48.2 Å². The summed E-state index contributed by atoms with van der Waals surface area (Å²) >= 11 is 0. The van der Waals surface area contributed by atoms with E-state index in [-0.39, 0.29) is 29.4 Å². The maximum Gasteiger partial charge on any atom is 0.148 e. The van der Waals surface area contributed by atoms with E-state index in [9.17, 15) is 9.59 Å². The molecule has 3 nitrogen and oxygen atoms in total. The predicted molar refractivity (Wildman–Crippen MR) is 93.8 cm³/mol. The highest BCUT2D eigenvalue weighted by Gasteiger charge is 2.47. The lowest BCUT2D eigenvalue weighted by Gasteiger charge is -2.40. The molecular weight excluding hydrogens is 334 g/mol. The van der Waals surface area contributed by atoms with Crippen LogP contribution in [0.25, 0.3) is 0 Å². The molecule has 134 valence electrons. The number of carbonyl (C=O) groups excluding carboxylic acids is 2. The fraction of sp³-hybridized carbons (Fsp3) is 0.524. The summed E-state index contributed by atoms with van der Waals surface area (Å²) in [4.78, 5) is 25.9. The SMILES string of the molecule is CC#Cc1cc(C)c(C2C(=O)CC3(CC[NH2+]CC3)CC2=O)c(C)c1.[Cl-]. The van der Waals surface area contributed by atoms with Crippen molar-refractivity contribution in [2.75, 3.05) is 13.1 Å². The zero-order valence-electron chi connectivity index (χ0n) is 15.2. The van der Waals surface area contributed by atoms with Gasteiger partial charge in [-0.2, -0.15) is 0 Å². The molecule has 0 aromatic heterocycles. The fourth-order valence-corrected chi connectivity index (χ4v) is 4.59. The largest absolute Gasteiger partial charge is 1.00 e. The van der Waals surface area contributed by atoms with Crippen molar-refractivity contribution in [3.8, 4) is 11.8 Å². The molecule has 0 atom stereocenters. The molecule has 1 heterocycles. The van der Waals surface area contributed by atoms with Crippen molar-refractivity contribution in [3.63, 3.8) is 0 Å². The average Bonchev–Trinajstić information content (AvgIpc) is 2.50. The third-order valence-corrected chi connectivity index (χ3v) is 5.65. The Balaban J connectivity index is 0.00000225. The topological polar surface area (TPSA) is 50.8 Å². The van der Waals surface area contributed by atoms with E-state index >= 15 is 0 Å². The Labute approximate surface area is 156 Å². The summed E-state index contributed by atoms with van der Waals surface area (Å²) in [6.45, 7) is 7.86. The van der Waals surface area contributed by atoms with Crippen LogP contribution < -0.4 is 17.7 Å². The van der Waals surface area contributed by atoms with Crippen LogP contribution >= 0.6 is 0 Å².